The molecule has 1 rings (SSSR count). The van der Waals surface area contributed by atoms with Crippen molar-refractivity contribution in [3.8, 4) is 0 Å². The van der Waals surface area contributed by atoms with Crippen LogP contribution in [0.3, 0.4) is 0 Å². The maximum absolute atomic E-state index is 12.4. The summed E-state index contributed by atoms with van der Waals surface area (Å²) in [4.78, 5) is 3.17. The van der Waals surface area contributed by atoms with Crippen LogP contribution in [-0.2, 0) is 10.0 Å². The zero-order chi connectivity index (χ0) is 11.8. The molecule has 0 spiro atoms. The lowest BCUT2D eigenvalue weighted by molar-refractivity contribution is 0.144. The number of primary sulfonamides is 1. The maximum atomic E-state index is 12.4. The largest absolute Gasteiger partial charge is 0.281 e. The molecule has 0 radical (unpaired) electrons. The van der Waals surface area contributed by atoms with Crippen LogP contribution in [0.25, 0.3) is 0 Å². The number of halogens is 4. The van der Waals surface area contributed by atoms with Crippen LogP contribution in [0.15, 0.2) is 11.1 Å². The van der Waals surface area contributed by atoms with Gasteiger partial charge in [-0.3, -0.25) is 4.98 Å². The fourth-order valence-electron chi connectivity index (χ4n) is 0.876. The summed E-state index contributed by atoms with van der Waals surface area (Å²) >= 11 is 3.18. The Kier molecular flexibility index (Phi) is 4.22. The Morgan fingerprint density at radius 2 is 1.93 bits per heavy atom. The third-order valence-corrected chi connectivity index (χ3v) is 5.08. The van der Waals surface area contributed by atoms with E-state index < -0.39 is 22.1 Å². The molecule has 0 aliphatic heterocycles. The summed E-state index contributed by atoms with van der Waals surface area (Å²) in [5.74, 6) is 0. The molecular weight excluding hydrogens is 456 g/mol. The van der Waals surface area contributed by atoms with E-state index in [2.05, 4.69) is 4.98 Å². The van der Waals surface area contributed by atoms with Gasteiger partial charge in [0.1, 0.15) is 10.6 Å². The van der Waals surface area contributed by atoms with Crippen LogP contribution in [0.4, 0.5) is 8.78 Å². The molecule has 0 aromatic carbocycles. The Labute approximate surface area is 112 Å². The van der Waals surface area contributed by atoms with Gasteiger partial charge in [-0.2, -0.15) is 0 Å². The van der Waals surface area contributed by atoms with E-state index in [1.54, 1.807) is 22.6 Å². The van der Waals surface area contributed by atoms with Crippen molar-refractivity contribution >= 4 is 55.2 Å². The Hall–Kier alpha value is 0.380. The smallest absolute Gasteiger partial charge is 0.253 e. The number of hydrogen-bond acceptors (Lipinski definition) is 3. The lowest BCUT2D eigenvalue weighted by atomic mass is 10.4. The van der Waals surface area contributed by atoms with Crippen molar-refractivity contribution in [2.45, 2.75) is 11.3 Å². The van der Waals surface area contributed by atoms with Gasteiger partial charge in [-0.1, -0.05) is 0 Å². The van der Waals surface area contributed by atoms with Gasteiger partial charge in [0.05, 0.1) is 7.14 Å². The zero-order valence-corrected chi connectivity index (χ0v) is 12.0. The van der Waals surface area contributed by atoms with Gasteiger partial charge >= 0.3 is 0 Å². The highest BCUT2D eigenvalue weighted by Crippen LogP contribution is 2.29. The third-order valence-electron chi connectivity index (χ3n) is 1.45. The average Bonchev–Trinajstić information content (AvgIpc) is 2.00. The second kappa shape index (κ2) is 4.71. The molecule has 0 saturated heterocycles. The van der Waals surface area contributed by atoms with Crippen LogP contribution in [0.5, 0.6) is 0 Å². The van der Waals surface area contributed by atoms with Crippen molar-refractivity contribution in [1.29, 1.82) is 0 Å². The highest BCUT2D eigenvalue weighted by molar-refractivity contribution is 14.1. The molecule has 0 aliphatic carbocycles. The van der Waals surface area contributed by atoms with Crippen LogP contribution < -0.4 is 5.14 Å². The first-order chi connectivity index (χ1) is 6.75. The summed E-state index contributed by atoms with van der Waals surface area (Å²) in [5.41, 5.74) is -0.569. The fraction of sp³-hybridized carbons (Fsp3) is 0.167. The molecule has 0 fully saturated rings. The zero-order valence-electron chi connectivity index (χ0n) is 6.92. The number of nitrogens with two attached hydrogens (primary N) is 1. The molecule has 0 aliphatic rings. The van der Waals surface area contributed by atoms with E-state index in [0.717, 1.165) is 6.20 Å². The molecule has 15 heavy (non-hydrogen) atoms. The number of pyridine rings is 1. The van der Waals surface area contributed by atoms with Crippen LogP contribution in [0.1, 0.15) is 12.1 Å². The fourth-order valence-corrected chi connectivity index (χ4v) is 4.99. The molecule has 9 heteroatoms. The molecule has 0 saturated carbocycles. The minimum atomic E-state index is -4.01. The van der Waals surface area contributed by atoms with Crippen molar-refractivity contribution < 1.29 is 17.2 Å². The number of nitrogens with zero attached hydrogens (tertiary/aromatic N) is 1. The topological polar surface area (TPSA) is 73.1 Å². The first kappa shape index (κ1) is 13.4. The molecule has 4 nitrogen and oxygen atoms in total. The van der Waals surface area contributed by atoms with E-state index in [4.69, 9.17) is 5.14 Å². The predicted molar refractivity (Wildman–Crippen MR) is 66.0 cm³/mol. The molecule has 1 heterocycles. The van der Waals surface area contributed by atoms with Crippen molar-refractivity contribution in [3.05, 3.63) is 19.0 Å². The molecule has 2 N–H and O–H groups in total. The van der Waals surface area contributed by atoms with E-state index in [1.165, 1.54) is 22.6 Å². The van der Waals surface area contributed by atoms with Crippen LogP contribution >= 0.6 is 45.2 Å². The quantitative estimate of drug-likeness (QED) is 0.686. The third kappa shape index (κ3) is 2.94. The van der Waals surface area contributed by atoms with Gasteiger partial charge in [0.15, 0.2) is 0 Å². The average molecular weight is 460 g/mol. The Bertz CT molecular complexity index is 492. The monoisotopic (exact) mass is 460 g/mol. The van der Waals surface area contributed by atoms with E-state index in [1.807, 2.05) is 0 Å². The highest BCUT2D eigenvalue weighted by atomic mass is 127. The second-order valence-corrected chi connectivity index (χ2v) is 6.22. The van der Waals surface area contributed by atoms with Crippen LogP contribution in [0.2, 0.25) is 0 Å². The molecular formula is C6H4F2I2N2O2S. The van der Waals surface area contributed by atoms with Crippen molar-refractivity contribution in [3.63, 3.8) is 0 Å². The Morgan fingerprint density at radius 1 is 1.40 bits per heavy atom. The molecule has 1 aromatic heterocycles. The van der Waals surface area contributed by atoms with Gasteiger partial charge in [0.2, 0.25) is 10.0 Å². The maximum Gasteiger partial charge on any atom is 0.281 e. The molecule has 0 bridgehead atoms. The molecule has 0 atom stereocenters. The predicted octanol–water partition coefficient (Wildman–Crippen LogP) is 1.88. The molecule has 0 amide bonds. The first-order valence-corrected chi connectivity index (χ1v) is 7.10. The minimum Gasteiger partial charge on any atom is -0.253 e. The first-order valence-electron chi connectivity index (χ1n) is 3.40. The standard InChI is InChI=1S/C6H4F2I2N2O2S/c7-6(8)4-3(10)5(15(11,13)14)2(9)1-12-4/h1,6H,(H2,11,13,14). The van der Waals surface area contributed by atoms with Gasteiger partial charge in [0.25, 0.3) is 6.43 Å². The second-order valence-electron chi connectivity index (χ2n) is 2.48. The van der Waals surface area contributed by atoms with Gasteiger partial charge < -0.3 is 0 Å². The molecule has 84 valence electrons. The van der Waals surface area contributed by atoms with Crippen LogP contribution in [0, 0.1) is 7.14 Å². The summed E-state index contributed by atoms with van der Waals surface area (Å²) in [5, 5.41) is 4.92. The highest BCUT2D eigenvalue weighted by Gasteiger charge is 2.24. The molecule has 0 unspecified atom stereocenters. The minimum absolute atomic E-state index is 0.128. The lowest BCUT2D eigenvalue weighted by Crippen LogP contribution is -2.17. The summed E-state index contributed by atoms with van der Waals surface area (Å²) in [6.07, 6.45) is -1.77. The summed E-state index contributed by atoms with van der Waals surface area (Å²) in [7, 11) is -4.01. The van der Waals surface area contributed by atoms with Gasteiger partial charge in [-0.05, 0) is 45.2 Å². The number of alkyl halides is 2. The lowest BCUT2D eigenvalue weighted by Gasteiger charge is -2.08. The van der Waals surface area contributed by atoms with E-state index in [9.17, 15) is 17.2 Å². The van der Waals surface area contributed by atoms with Crippen molar-refractivity contribution in [2.75, 3.05) is 0 Å². The van der Waals surface area contributed by atoms with E-state index in [-0.39, 0.29) is 12.0 Å². The van der Waals surface area contributed by atoms with E-state index >= 15 is 0 Å². The Balaban J connectivity index is 3.59. The number of aromatic nitrogens is 1. The normalized spacial score (nSPS) is 12.1. The number of hydrogen-bond donors (Lipinski definition) is 1. The summed E-state index contributed by atoms with van der Waals surface area (Å²) < 4.78 is 47.2. The summed E-state index contributed by atoms with van der Waals surface area (Å²) in [6, 6.07) is 0. The van der Waals surface area contributed by atoms with Crippen LogP contribution in [-0.4, -0.2) is 13.4 Å². The summed E-state index contributed by atoms with van der Waals surface area (Å²) in [6.45, 7) is 0. The number of sulfonamides is 1. The van der Waals surface area contributed by atoms with Gasteiger partial charge in [0, 0.05) is 6.20 Å². The SMILES string of the molecule is NS(=O)(=O)c1c(I)cnc(C(F)F)c1I. The number of rotatable bonds is 2. The Morgan fingerprint density at radius 3 is 2.33 bits per heavy atom. The van der Waals surface area contributed by atoms with Gasteiger partial charge in [-0.15, -0.1) is 0 Å². The van der Waals surface area contributed by atoms with E-state index in [0.29, 0.717) is 0 Å². The van der Waals surface area contributed by atoms with Gasteiger partial charge in [-0.25, -0.2) is 22.3 Å². The van der Waals surface area contributed by atoms with Crippen molar-refractivity contribution in [2.24, 2.45) is 5.14 Å². The molecule has 1 aromatic rings. The van der Waals surface area contributed by atoms with Crippen molar-refractivity contribution in [1.82, 2.24) is 4.98 Å².